The van der Waals surface area contributed by atoms with E-state index in [1.165, 1.54) is 56.1 Å². The van der Waals surface area contributed by atoms with E-state index in [2.05, 4.69) is 75.2 Å². The first-order valence-corrected chi connectivity index (χ1v) is 12.5. The lowest BCUT2D eigenvalue weighted by Gasteiger charge is -2.08. The van der Waals surface area contributed by atoms with E-state index in [4.69, 9.17) is 0 Å². The van der Waals surface area contributed by atoms with Gasteiger partial charge in [0.05, 0.1) is 0 Å². The van der Waals surface area contributed by atoms with Crippen molar-refractivity contribution < 1.29 is 0 Å². The summed E-state index contributed by atoms with van der Waals surface area (Å²) >= 11 is 7.17. The molecule has 2 aromatic rings. The van der Waals surface area contributed by atoms with Crippen LogP contribution in [0.2, 0.25) is 0 Å². The number of unbranched alkanes of at least 4 members (excludes halogenated alkanes) is 6. The van der Waals surface area contributed by atoms with Crippen LogP contribution in [0.3, 0.4) is 0 Å². The lowest BCUT2D eigenvalue weighted by molar-refractivity contribution is 0.589. The molecule has 1 aliphatic rings. The van der Waals surface area contributed by atoms with E-state index < -0.39 is 0 Å². The van der Waals surface area contributed by atoms with Crippen molar-refractivity contribution in [2.24, 2.45) is 0 Å². The minimum Gasteiger partial charge on any atom is -0.192 e. The van der Waals surface area contributed by atoms with E-state index in [0.29, 0.717) is 5.57 Å². The zero-order valence-corrected chi connectivity index (χ0v) is 21.0. The van der Waals surface area contributed by atoms with Crippen LogP contribution in [0.15, 0.2) is 52.5 Å². The van der Waals surface area contributed by atoms with Gasteiger partial charge < -0.3 is 0 Å². The van der Waals surface area contributed by atoms with E-state index in [-0.39, 0.29) is 5.57 Å². The third kappa shape index (κ3) is 5.57. The molecule has 0 saturated heterocycles. The van der Waals surface area contributed by atoms with Crippen LogP contribution < -0.4 is 0 Å². The summed E-state index contributed by atoms with van der Waals surface area (Å²) in [4.78, 5) is 0. The van der Waals surface area contributed by atoms with E-state index >= 15 is 0 Å². The predicted octanol–water partition coefficient (Wildman–Crippen LogP) is 8.92. The third-order valence-electron chi connectivity index (χ3n) is 5.77. The van der Waals surface area contributed by atoms with Crippen molar-refractivity contribution >= 4 is 41.9 Å². The van der Waals surface area contributed by atoms with Gasteiger partial charge in [-0.1, -0.05) is 81.8 Å². The number of rotatable bonds is 9. The average molecular weight is 538 g/mol. The molecule has 0 amide bonds. The van der Waals surface area contributed by atoms with Gasteiger partial charge in [-0.3, -0.25) is 0 Å². The molecule has 0 saturated carbocycles. The average Bonchev–Trinajstić information content (AvgIpc) is 3.05. The zero-order chi connectivity index (χ0) is 22.2. The maximum Gasteiger partial charge on any atom is 0.138 e. The quantitative estimate of drug-likeness (QED) is 0.237. The molecule has 2 aromatic carbocycles. The Balaban J connectivity index is 1.70. The van der Waals surface area contributed by atoms with Gasteiger partial charge in [0.25, 0.3) is 0 Å². The summed E-state index contributed by atoms with van der Waals surface area (Å²) in [5.41, 5.74) is 6.34. The van der Waals surface area contributed by atoms with Crippen LogP contribution in [-0.2, 0) is 6.42 Å². The molecular weight excluding hydrogens is 512 g/mol. The second-order valence-electron chi connectivity index (χ2n) is 7.93. The van der Waals surface area contributed by atoms with Crippen LogP contribution in [0.4, 0.5) is 0 Å². The molecule has 0 aromatic heterocycles. The number of aryl methyl sites for hydroxylation is 1. The minimum absolute atomic E-state index is 0.116. The number of hydrogen-bond acceptors (Lipinski definition) is 2. The number of halogens is 2. The molecule has 0 heterocycles. The van der Waals surface area contributed by atoms with Gasteiger partial charge in [0.1, 0.15) is 17.7 Å². The van der Waals surface area contributed by atoms with Crippen molar-refractivity contribution in [3.8, 4) is 23.3 Å². The first-order valence-electron chi connectivity index (χ1n) is 10.9. The fraction of sp³-hybridized carbons (Fsp3) is 0.333. The zero-order valence-electron chi connectivity index (χ0n) is 17.8. The number of nitriles is 2. The van der Waals surface area contributed by atoms with Crippen molar-refractivity contribution in [2.45, 2.75) is 58.3 Å². The number of allylic oxidation sites excluding steroid dienone is 3. The Morgan fingerprint density at radius 2 is 1.35 bits per heavy atom. The smallest absolute Gasteiger partial charge is 0.138 e. The van der Waals surface area contributed by atoms with Crippen LogP contribution in [0, 0.1) is 22.7 Å². The Kier molecular flexibility index (Phi) is 8.70. The van der Waals surface area contributed by atoms with Crippen LogP contribution in [0.1, 0.15) is 68.6 Å². The summed E-state index contributed by atoms with van der Waals surface area (Å²) in [5, 5.41) is 18.6. The lowest BCUT2D eigenvalue weighted by atomic mass is 9.96. The predicted molar refractivity (Wildman–Crippen MR) is 136 cm³/mol. The summed E-state index contributed by atoms with van der Waals surface area (Å²) in [7, 11) is 0. The fourth-order valence-electron chi connectivity index (χ4n) is 4.00. The molecule has 0 spiro atoms. The highest BCUT2D eigenvalue weighted by Crippen LogP contribution is 2.49. The maximum atomic E-state index is 9.31. The summed E-state index contributed by atoms with van der Waals surface area (Å²) in [5.74, 6) is 0. The third-order valence-corrected chi connectivity index (χ3v) is 7.92. The fourth-order valence-corrected chi connectivity index (χ4v) is 5.15. The monoisotopic (exact) mass is 536 g/mol. The molecule has 0 fully saturated rings. The number of fused-ring (bicyclic) bond motifs is 1. The standard InChI is InChI=1S/C27H26Br2N2/c1-2-3-4-5-6-7-8-9-19-10-12-20(13-11-19)21-14-15-23-24(16-21)26(28)27(29)25(23)22(17-30)18-31/h10-16H,2-9H2,1H3. The highest BCUT2D eigenvalue weighted by atomic mass is 79.9. The summed E-state index contributed by atoms with van der Waals surface area (Å²) < 4.78 is 1.63. The Labute approximate surface area is 202 Å². The van der Waals surface area contributed by atoms with Gasteiger partial charge in [-0.25, -0.2) is 0 Å². The molecule has 0 atom stereocenters. The summed E-state index contributed by atoms with van der Waals surface area (Å²) in [6.45, 7) is 2.26. The molecule has 158 valence electrons. The maximum absolute atomic E-state index is 9.31. The molecule has 2 nitrogen and oxygen atoms in total. The van der Waals surface area contributed by atoms with Crippen molar-refractivity contribution in [2.75, 3.05) is 0 Å². The lowest BCUT2D eigenvalue weighted by Crippen LogP contribution is -1.89. The highest BCUT2D eigenvalue weighted by Gasteiger charge is 2.27. The van der Waals surface area contributed by atoms with Crippen molar-refractivity contribution in [3.05, 3.63) is 69.2 Å². The number of benzene rings is 2. The van der Waals surface area contributed by atoms with Gasteiger partial charge in [0.15, 0.2) is 0 Å². The van der Waals surface area contributed by atoms with E-state index in [0.717, 1.165) is 32.1 Å². The number of hydrogen-bond donors (Lipinski definition) is 0. The molecule has 0 unspecified atom stereocenters. The normalized spacial score (nSPS) is 12.5. The Morgan fingerprint density at radius 3 is 2.00 bits per heavy atom. The summed E-state index contributed by atoms with van der Waals surface area (Å²) in [6, 6.07) is 19.0. The SMILES string of the molecule is CCCCCCCCCc1ccc(-c2ccc3c(c2)C(Br)=C(Br)C3=C(C#N)C#N)cc1. The topological polar surface area (TPSA) is 47.6 Å². The van der Waals surface area contributed by atoms with Gasteiger partial charge in [0, 0.05) is 14.5 Å². The Morgan fingerprint density at radius 1 is 0.742 bits per heavy atom. The van der Waals surface area contributed by atoms with Crippen LogP contribution in [0.25, 0.3) is 21.2 Å². The largest absolute Gasteiger partial charge is 0.192 e. The van der Waals surface area contributed by atoms with Crippen LogP contribution >= 0.6 is 31.9 Å². The van der Waals surface area contributed by atoms with Crippen molar-refractivity contribution in [1.82, 2.24) is 0 Å². The van der Waals surface area contributed by atoms with Crippen molar-refractivity contribution in [1.29, 1.82) is 10.5 Å². The van der Waals surface area contributed by atoms with E-state index in [1.807, 2.05) is 18.2 Å². The number of nitrogens with zero attached hydrogens (tertiary/aromatic N) is 2. The van der Waals surface area contributed by atoms with E-state index in [1.54, 1.807) is 0 Å². The Hall–Kier alpha value is -2.14. The first kappa shape index (κ1) is 23.5. The Bertz CT molecular complexity index is 1060. The molecule has 3 rings (SSSR count). The van der Waals surface area contributed by atoms with Crippen LogP contribution in [0.5, 0.6) is 0 Å². The molecule has 31 heavy (non-hydrogen) atoms. The van der Waals surface area contributed by atoms with Gasteiger partial charge in [-0.15, -0.1) is 0 Å². The van der Waals surface area contributed by atoms with Gasteiger partial charge >= 0.3 is 0 Å². The van der Waals surface area contributed by atoms with E-state index in [9.17, 15) is 10.5 Å². The second kappa shape index (κ2) is 11.5. The van der Waals surface area contributed by atoms with Crippen molar-refractivity contribution in [3.63, 3.8) is 0 Å². The van der Waals surface area contributed by atoms with Crippen LogP contribution in [-0.4, -0.2) is 0 Å². The molecule has 0 N–H and O–H groups in total. The molecular formula is C27H26Br2N2. The molecule has 0 radical (unpaired) electrons. The minimum atomic E-state index is 0.116. The summed E-state index contributed by atoms with van der Waals surface area (Å²) in [6.07, 6.45) is 10.5. The molecule has 0 aliphatic heterocycles. The first-order chi connectivity index (χ1) is 15.1. The highest BCUT2D eigenvalue weighted by molar-refractivity contribution is 9.16. The second-order valence-corrected chi connectivity index (χ2v) is 9.52. The van der Waals surface area contributed by atoms with Gasteiger partial charge in [-0.2, -0.15) is 10.5 Å². The van der Waals surface area contributed by atoms with Gasteiger partial charge in [-0.05, 0) is 78.6 Å². The molecule has 0 bridgehead atoms. The molecule has 1 aliphatic carbocycles. The van der Waals surface area contributed by atoms with Gasteiger partial charge in [0.2, 0.25) is 0 Å². The molecule has 4 heteroatoms.